The summed E-state index contributed by atoms with van der Waals surface area (Å²) in [5.41, 5.74) is 0.810. The number of alkyl halides is 3. The highest BCUT2D eigenvalue weighted by atomic mass is 35.5. The van der Waals surface area contributed by atoms with Crippen LogP contribution in [-0.2, 0) is 5.88 Å². The standard InChI is InChI=1S/C8H8ClF2N/c1-5-2-3-6(4-9)12-7(5)8(10)11/h2-3,8H,4H2,1H3. The number of nitrogens with zero attached hydrogens (tertiary/aromatic N) is 1. The normalized spacial score (nSPS) is 10.8. The Morgan fingerprint density at radius 1 is 1.50 bits per heavy atom. The Hall–Kier alpha value is -0.700. The Balaban J connectivity index is 3.08. The van der Waals surface area contributed by atoms with Gasteiger partial charge in [0.05, 0.1) is 11.6 Å². The Morgan fingerprint density at radius 2 is 2.17 bits per heavy atom. The van der Waals surface area contributed by atoms with E-state index in [0.29, 0.717) is 11.3 Å². The summed E-state index contributed by atoms with van der Waals surface area (Å²) in [6.07, 6.45) is -2.52. The average Bonchev–Trinajstić information content (AvgIpc) is 2.05. The van der Waals surface area contributed by atoms with Crippen LogP contribution in [0.3, 0.4) is 0 Å². The van der Waals surface area contributed by atoms with E-state index in [1.807, 2.05) is 0 Å². The van der Waals surface area contributed by atoms with E-state index in [2.05, 4.69) is 4.98 Å². The van der Waals surface area contributed by atoms with E-state index in [9.17, 15) is 8.78 Å². The molecule has 0 N–H and O–H groups in total. The van der Waals surface area contributed by atoms with Crippen molar-refractivity contribution in [3.63, 3.8) is 0 Å². The van der Waals surface area contributed by atoms with Crippen LogP contribution < -0.4 is 0 Å². The van der Waals surface area contributed by atoms with Crippen molar-refractivity contribution in [2.75, 3.05) is 0 Å². The summed E-state index contributed by atoms with van der Waals surface area (Å²) in [5.74, 6) is 0.167. The van der Waals surface area contributed by atoms with E-state index in [1.54, 1.807) is 19.1 Å². The molecule has 0 bridgehead atoms. The maximum Gasteiger partial charge on any atom is 0.280 e. The molecule has 1 rings (SSSR count). The van der Waals surface area contributed by atoms with Crippen LogP contribution in [0.2, 0.25) is 0 Å². The number of pyridine rings is 1. The van der Waals surface area contributed by atoms with Crippen LogP contribution in [0, 0.1) is 6.92 Å². The van der Waals surface area contributed by atoms with Gasteiger partial charge in [0.1, 0.15) is 5.69 Å². The van der Waals surface area contributed by atoms with Crippen molar-refractivity contribution in [3.05, 3.63) is 29.1 Å². The van der Waals surface area contributed by atoms with Gasteiger partial charge in [-0.3, -0.25) is 4.98 Å². The Bertz CT molecular complexity index is 276. The topological polar surface area (TPSA) is 12.9 Å². The Kier molecular flexibility index (Phi) is 2.98. The van der Waals surface area contributed by atoms with Crippen LogP contribution in [0.1, 0.15) is 23.4 Å². The highest BCUT2D eigenvalue weighted by molar-refractivity contribution is 6.16. The quantitative estimate of drug-likeness (QED) is 0.655. The first-order valence-electron chi connectivity index (χ1n) is 3.45. The zero-order valence-corrected chi connectivity index (χ0v) is 7.28. The third kappa shape index (κ3) is 1.91. The predicted molar refractivity (Wildman–Crippen MR) is 43.5 cm³/mol. The molecule has 1 aromatic heterocycles. The van der Waals surface area contributed by atoms with Crippen molar-refractivity contribution in [2.24, 2.45) is 0 Å². The Morgan fingerprint density at radius 3 is 2.67 bits per heavy atom. The molecule has 1 heterocycles. The van der Waals surface area contributed by atoms with Gasteiger partial charge in [0.2, 0.25) is 0 Å². The second-order valence-corrected chi connectivity index (χ2v) is 2.71. The van der Waals surface area contributed by atoms with Gasteiger partial charge in [-0.1, -0.05) is 6.07 Å². The summed E-state index contributed by atoms with van der Waals surface area (Å²) in [6, 6.07) is 3.25. The predicted octanol–water partition coefficient (Wildman–Crippen LogP) is 3.07. The molecule has 0 atom stereocenters. The third-order valence-electron chi connectivity index (χ3n) is 1.54. The molecule has 4 heteroatoms. The number of aryl methyl sites for hydroxylation is 1. The molecule has 0 radical (unpaired) electrons. The van der Waals surface area contributed by atoms with E-state index in [0.717, 1.165) is 0 Å². The zero-order chi connectivity index (χ0) is 9.14. The number of rotatable bonds is 2. The minimum Gasteiger partial charge on any atom is -0.250 e. The van der Waals surface area contributed by atoms with E-state index in [4.69, 9.17) is 11.6 Å². The molecule has 0 amide bonds. The van der Waals surface area contributed by atoms with Crippen molar-refractivity contribution in [1.29, 1.82) is 0 Å². The van der Waals surface area contributed by atoms with Crippen molar-refractivity contribution in [2.45, 2.75) is 19.2 Å². The second kappa shape index (κ2) is 3.81. The molecule has 0 saturated carbocycles. The molecule has 0 unspecified atom stereocenters. The number of aromatic nitrogens is 1. The lowest BCUT2D eigenvalue weighted by Crippen LogP contribution is -1.97. The molecule has 1 nitrogen and oxygen atoms in total. The lowest BCUT2D eigenvalue weighted by Gasteiger charge is -2.04. The van der Waals surface area contributed by atoms with E-state index in [1.165, 1.54) is 0 Å². The molecule has 0 aliphatic rings. The molecule has 0 aliphatic carbocycles. The molecule has 0 aliphatic heterocycles. The van der Waals surface area contributed by atoms with Gasteiger partial charge >= 0.3 is 0 Å². The fraction of sp³-hybridized carbons (Fsp3) is 0.375. The SMILES string of the molecule is Cc1ccc(CCl)nc1C(F)F. The van der Waals surface area contributed by atoms with E-state index >= 15 is 0 Å². The summed E-state index contributed by atoms with van der Waals surface area (Å²) in [6.45, 7) is 1.60. The molecule has 0 spiro atoms. The van der Waals surface area contributed by atoms with Gasteiger partial charge in [0, 0.05) is 0 Å². The second-order valence-electron chi connectivity index (χ2n) is 2.44. The minimum absolute atomic E-state index is 0.167. The van der Waals surface area contributed by atoms with Crippen molar-refractivity contribution >= 4 is 11.6 Å². The van der Waals surface area contributed by atoms with Crippen LogP contribution in [0.15, 0.2) is 12.1 Å². The fourth-order valence-corrected chi connectivity index (χ4v) is 1.03. The number of hydrogen-bond acceptors (Lipinski definition) is 1. The van der Waals surface area contributed by atoms with Gasteiger partial charge in [-0.05, 0) is 18.6 Å². The summed E-state index contributed by atoms with van der Waals surface area (Å²) < 4.78 is 24.5. The average molecular weight is 192 g/mol. The van der Waals surface area contributed by atoms with Gasteiger partial charge in [-0.15, -0.1) is 11.6 Å². The third-order valence-corrected chi connectivity index (χ3v) is 1.81. The molecular weight excluding hydrogens is 184 g/mol. The largest absolute Gasteiger partial charge is 0.280 e. The highest BCUT2D eigenvalue weighted by Gasteiger charge is 2.12. The lowest BCUT2D eigenvalue weighted by molar-refractivity contribution is 0.145. The van der Waals surface area contributed by atoms with Gasteiger partial charge in [-0.25, -0.2) is 8.78 Å². The maximum absolute atomic E-state index is 12.2. The van der Waals surface area contributed by atoms with Gasteiger partial charge in [-0.2, -0.15) is 0 Å². The van der Waals surface area contributed by atoms with Crippen molar-refractivity contribution in [1.82, 2.24) is 4.98 Å². The molecular formula is C8H8ClF2N. The highest BCUT2D eigenvalue weighted by Crippen LogP contribution is 2.20. The summed E-state index contributed by atoms with van der Waals surface area (Å²) >= 11 is 5.45. The first-order chi connectivity index (χ1) is 5.65. The maximum atomic E-state index is 12.2. The fourth-order valence-electron chi connectivity index (χ4n) is 0.882. The molecule has 12 heavy (non-hydrogen) atoms. The van der Waals surface area contributed by atoms with Gasteiger partial charge < -0.3 is 0 Å². The van der Waals surface area contributed by atoms with Crippen LogP contribution in [-0.4, -0.2) is 4.98 Å². The van der Waals surface area contributed by atoms with Gasteiger partial charge in [0.25, 0.3) is 6.43 Å². The van der Waals surface area contributed by atoms with E-state index in [-0.39, 0.29) is 11.6 Å². The van der Waals surface area contributed by atoms with Crippen LogP contribution >= 0.6 is 11.6 Å². The molecule has 1 aromatic rings. The monoisotopic (exact) mass is 191 g/mol. The lowest BCUT2D eigenvalue weighted by atomic mass is 10.2. The number of hydrogen-bond donors (Lipinski definition) is 0. The first-order valence-corrected chi connectivity index (χ1v) is 3.99. The summed E-state index contributed by atoms with van der Waals surface area (Å²) in [5, 5.41) is 0. The van der Waals surface area contributed by atoms with Crippen LogP contribution in [0.5, 0.6) is 0 Å². The molecule has 66 valence electrons. The van der Waals surface area contributed by atoms with Gasteiger partial charge in [0.15, 0.2) is 0 Å². The smallest absolute Gasteiger partial charge is 0.250 e. The zero-order valence-electron chi connectivity index (χ0n) is 6.52. The van der Waals surface area contributed by atoms with Crippen LogP contribution in [0.25, 0.3) is 0 Å². The molecule has 0 saturated heterocycles. The van der Waals surface area contributed by atoms with Crippen LogP contribution in [0.4, 0.5) is 8.78 Å². The number of halogens is 3. The summed E-state index contributed by atoms with van der Waals surface area (Å²) in [7, 11) is 0. The Labute approximate surface area is 74.4 Å². The van der Waals surface area contributed by atoms with Crippen molar-refractivity contribution in [3.8, 4) is 0 Å². The molecule has 0 aromatic carbocycles. The first kappa shape index (κ1) is 9.39. The van der Waals surface area contributed by atoms with E-state index < -0.39 is 6.43 Å². The summed E-state index contributed by atoms with van der Waals surface area (Å²) in [4.78, 5) is 3.71. The van der Waals surface area contributed by atoms with Crippen molar-refractivity contribution < 1.29 is 8.78 Å². The minimum atomic E-state index is -2.52. The molecule has 0 fully saturated rings.